The van der Waals surface area contributed by atoms with Gasteiger partial charge >= 0.3 is 0 Å². The summed E-state index contributed by atoms with van der Waals surface area (Å²) >= 11 is 1.45. The number of methoxy groups -OCH3 is 1. The monoisotopic (exact) mass is 361 g/mol. The summed E-state index contributed by atoms with van der Waals surface area (Å²) in [6.45, 7) is 4.14. The number of aromatic nitrogens is 1. The van der Waals surface area contributed by atoms with E-state index in [0.29, 0.717) is 10.6 Å². The summed E-state index contributed by atoms with van der Waals surface area (Å²) < 4.78 is 5.18. The Labute approximate surface area is 157 Å². The second kappa shape index (κ2) is 7.85. The molecule has 0 saturated carbocycles. The zero-order valence-corrected chi connectivity index (χ0v) is 15.7. The number of anilines is 1. The summed E-state index contributed by atoms with van der Waals surface area (Å²) in [5.74, 6) is 0.805. The molecule has 130 valence electrons. The van der Waals surface area contributed by atoms with Crippen molar-refractivity contribution in [2.45, 2.75) is 13.8 Å². The van der Waals surface area contributed by atoms with E-state index in [4.69, 9.17) is 4.74 Å². The Morgan fingerprint density at radius 3 is 2.58 bits per heavy atom. The van der Waals surface area contributed by atoms with E-state index in [9.17, 15) is 5.26 Å². The van der Waals surface area contributed by atoms with Crippen molar-refractivity contribution < 1.29 is 4.74 Å². The molecule has 1 heterocycles. The van der Waals surface area contributed by atoms with Gasteiger partial charge in [-0.3, -0.25) is 0 Å². The summed E-state index contributed by atoms with van der Waals surface area (Å²) in [7, 11) is 1.64. The van der Waals surface area contributed by atoms with E-state index in [1.54, 1.807) is 13.3 Å². The number of rotatable bonds is 5. The molecule has 0 aliphatic rings. The van der Waals surface area contributed by atoms with E-state index in [-0.39, 0.29) is 0 Å². The fourth-order valence-corrected chi connectivity index (χ4v) is 3.21. The number of hydrogen-bond acceptors (Lipinski definition) is 5. The van der Waals surface area contributed by atoms with Gasteiger partial charge in [0.05, 0.1) is 12.8 Å². The fraction of sp³-hybridized carbons (Fsp3) is 0.143. The zero-order chi connectivity index (χ0) is 18.5. The molecule has 0 amide bonds. The Hall–Kier alpha value is -3.10. The second-order valence-corrected chi connectivity index (χ2v) is 6.74. The van der Waals surface area contributed by atoms with Crippen molar-refractivity contribution in [1.82, 2.24) is 4.98 Å². The molecule has 0 aliphatic carbocycles. The number of ether oxygens (including phenoxy) is 1. The number of nitriles is 1. The topological polar surface area (TPSA) is 57.9 Å². The Morgan fingerprint density at radius 2 is 1.92 bits per heavy atom. The highest BCUT2D eigenvalue weighted by molar-refractivity contribution is 7.11. The average Bonchev–Trinajstić information content (AvgIpc) is 3.15. The van der Waals surface area contributed by atoms with Crippen molar-refractivity contribution in [3.05, 3.63) is 70.2 Å². The van der Waals surface area contributed by atoms with Crippen LogP contribution in [0.1, 0.15) is 16.1 Å². The molecule has 0 fully saturated rings. The molecule has 3 rings (SSSR count). The lowest BCUT2D eigenvalue weighted by molar-refractivity contribution is 0.415. The van der Waals surface area contributed by atoms with Gasteiger partial charge in [-0.25, -0.2) is 4.98 Å². The molecular weight excluding hydrogens is 342 g/mol. The number of nitrogens with one attached hydrogen (secondary N) is 1. The van der Waals surface area contributed by atoms with Gasteiger partial charge in [0.15, 0.2) is 0 Å². The maximum absolute atomic E-state index is 9.50. The number of aryl methyl sites for hydroxylation is 2. The van der Waals surface area contributed by atoms with Crippen LogP contribution in [0, 0.1) is 25.2 Å². The van der Waals surface area contributed by atoms with E-state index in [2.05, 4.69) is 42.4 Å². The molecule has 0 bridgehead atoms. The van der Waals surface area contributed by atoms with Crippen LogP contribution in [0.3, 0.4) is 0 Å². The van der Waals surface area contributed by atoms with Crippen molar-refractivity contribution in [2.24, 2.45) is 0 Å². The summed E-state index contributed by atoms with van der Waals surface area (Å²) in [5, 5.41) is 15.3. The first kappa shape index (κ1) is 17.7. The predicted octanol–water partition coefficient (Wildman–Crippen LogP) is 5.41. The molecule has 1 aromatic heterocycles. The number of thiazole rings is 1. The van der Waals surface area contributed by atoms with Crippen LogP contribution >= 0.6 is 11.3 Å². The Morgan fingerprint density at radius 1 is 1.15 bits per heavy atom. The van der Waals surface area contributed by atoms with Gasteiger partial charge in [0.2, 0.25) is 0 Å². The minimum Gasteiger partial charge on any atom is -0.497 e. The van der Waals surface area contributed by atoms with Gasteiger partial charge < -0.3 is 10.1 Å². The molecule has 1 N–H and O–H groups in total. The van der Waals surface area contributed by atoms with Crippen molar-refractivity contribution in [3.8, 4) is 23.1 Å². The Balaban J connectivity index is 1.81. The highest BCUT2D eigenvalue weighted by Gasteiger charge is 2.09. The molecule has 0 unspecified atom stereocenters. The smallest absolute Gasteiger partial charge is 0.136 e. The van der Waals surface area contributed by atoms with Gasteiger partial charge in [-0.2, -0.15) is 5.26 Å². The minimum absolute atomic E-state index is 0.507. The van der Waals surface area contributed by atoms with Crippen LogP contribution in [0.4, 0.5) is 5.69 Å². The molecule has 4 nitrogen and oxygen atoms in total. The largest absolute Gasteiger partial charge is 0.497 e. The van der Waals surface area contributed by atoms with Crippen LogP contribution < -0.4 is 10.1 Å². The highest BCUT2D eigenvalue weighted by Crippen LogP contribution is 2.27. The van der Waals surface area contributed by atoms with E-state index in [0.717, 1.165) is 22.7 Å². The number of benzene rings is 2. The number of hydrogen-bond donors (Lipinski definition) is 1. The van der Waals surface area contributed by atoms with Gasteiger partial charge in [0.1, 0.15) is 22.4 Å². The van der Waals surface area contributed by atoms with E-state index in [1.165, 1.54) is 22.5 Å². The van der Waals surface area contributed by atoms with Gasteiger partial charge in [0.25, 0.3) is 0 Å². The van der Waals surface area contributed by atoms with E-state index >= 15 is 0 Å². The average molecular weight is 361 g/mol. The quantitative estimate of drug-likeness (QED) is 0.617. The third-order valence-corrected chi connectivity index (χ3v) is 5.01. The van der Waals surface area contributed by atoms with Crippen LogP contribution in [0.25, 0.3) is 16.8 Å². The first-order valence-electron chi connectivity index (χ1n) is 8.15. The lowest BCUT2D eigenvalue weighted by Crippen LogP contribution is -1.92. The zero-order valence-electron chi connectivity index (χ0n) is 14.9. The maximum atomic E-state index is 9.50. The molecule has 0 atom stereocenters. The van der Waals surface area contributed by atoms with Gasteiger partial charge in [0, 0.05) is 22.8 Å². The molecule has 0 saturated heterocycles. The molecule has 0 aliphatic heterocycles. The molecule has 0 spiro atoms. The number of nitrogens with zero attached hydrogens (tertiary/aromatic N) is 2. The first-order valence-corrected chi connectivity index (χ1v) is 9.03. The molecule has 3 aromatic rings. The fourth-order valence-electron chi connectivity index (χ4n) is 2.42. The van der Waals surface area contributed by atoms with Crippen LogP contribution in [-0.4, -0.2) is 12.1 Å². The molecule has 0 radical (unpaired) electrons. The van der Waals surface area contributed by atoms with Gasteiger partial charge in [-0.15, -0.1) is 11.3 Å². The molecule has 26 heavy (non-hydrogen) atoms. The maximum Gasteiger partial charge on any atom is 0.136 e. The molecule has 2 aromatic carbocycles. The van der Waals surface area contributed by atoms with Crippen LogP contribution in [0.15, 0.2) is 54.0 Å². The van der Waals surface area contributed by atoms with Crippen LogP contribution in [-0.2, 0) is 0 Å². The van der Waals surface area contributed by atoms with Crippen LogP contribution in [0.5, 0.6) is 5.75 Å². The van der Waals surface area contributed by atoms with Crippen molar-refractivity contribution in [3.63, 3.8) is 0 Å². The lowest BCUT2D eigenvalue weighted by Gasteiger charge is -2.05. The minimum atomic E-state index is 0.507. The normalized spacial score (nSPS) is 11.1. The SMILES string of the molecule is COc1ccc(-c2csc(/C(C#N)=C\Nc3ccc(C)c(C)c3)n2)cc1. The standard InChI is InChI=1S/C21H19N3OS/c1-14-4-7-18(10-15(14)2)23-12-17(11-22)21-24-20(13-26-21)16-5-8-19(25-3)9-6-16/h4-10,12-13,23H,1-3H3/b17-12-. The second-order valence-electron chi connectivity index (χ2n) is 5.88. The van der Waals surface area contributed by atoms with E-state index in [1.807, 2.05) is 35.7 Å². The Kier molecular flexibility index (Phi) is 5.35. The van der Waals surface area contributed by atoms with Crippen molar-refractivity contribution in [2.75, 3.05) is 12.4 Å². The van der Waals surface area contributed by atoms with Crippen LogP contribution in [0.2, 0.25) is 0 Å². The first-order chi connectivity index (χ1) is 12.6. The molecule has 5 heteroatoms. The third kappa shape index (κ3) is 3.93. The van der Waals surface area contributed by atoms with Gasteiger partial charge in [-0.1, -0.05) is 6.07 Å². The van der Waals surface area contributed by atoms with Crippen molar-refractivity contribution in [1.29, 1.82) is 5.26 Å². The summed E-state index contributed by atoms with van der Waals surface area (Å²) in [6.07, 6.45) is 1.71. The third-order valence-electron chi connectivity index (χ3n) is 4.13. The number of allylic oxidation sites excluding steroid dienone is 1. The van der Waals surface area contributed by atoms with Gasteiger partial charge in [-0.05, 0) is 61.4 Å². The summed E-state index contributed by atoms with van der Waals surface area (Å²) in [6, 6.07) is 16.1. The summed E-state index contributed by atoms with van der Waals surface area (Å²) in [5.41, 5.74) is 5.75. The Bertz CT molecular complexity index is 981. The van der Waals surface area contributed by atoms with Crippen molar-refractivity contribution >= 4 is 22.6 Å². The highest BCUT2D eigenvalue weighted by atomic mass is 32.1. The lowest BCUT2D eigenvalue weighted by atomic mass is 10.1. The summed E-state index contributed by atoms with van der Waals surface area (Å²) in [4.78, 5) is 4.60. The molecular formula is C21H19N3OS. The predicted molar refractivity (Wildman–Crippen MR) is 107 cm³/mol. The van der Waals surface area contributed by atoms with E-state index < -0.39 is 0 Å².